The Balaban J connectivity index is 1.71. The summed E-state index contributed by atoms with van der Waals surface area (Å²) in [4.78, 5) is 17.1. The number of amides is 1. The van der Waals surface area contributed by atoms with Crippen LogP contribution in [0.4, 0.5) is 8.78 Å². The molecule has 4 heterocycles. The lowest BCUT2D eigenvalue weighted by Gasteiger charge is -2.51. The van der Waals surface area contributed by atoms with Gasteiger partial charge >= 0.3 is 0 Å². The van der Waals surface area contributed by atoms with E-state index in [2.05, 4.69) is 4.90 Å². The number of benzene rings is 1. The van der Waals surface area contributed by atoms with Crippen LogP contribution in [0.2, 0.25) is 0 Å². The summed E-state index contributed by atoms with van der Waals surface area (Å²) in [5.74, 6) is -1.13. The Morgan fingerprint density at radius 1 is 1.24 bits per heavy atom. The average Bonchev–Trinajstić information content (AvgIpc) is 3.06. The molecule has 4 saturated heterocycles. The van der Waals surface area contributed by atoms with Crippen LogP contribution >= 0.6 is 0 Å². The lowest BCUT2D eigenvalue weighted by atomic mass is 9.75. The first-order valence-electron chi connectivity index (χ1n) is 9.20. The summed E-state index contributed by atoms with van der Waals surface area (Å²) in [5, 5.41) is 0. The Bertz CT molecular complexity index is 697. The SMILES string of the molecule is C/C=C/CC(=O)N1C[C@H](c2cccc(F)c2F)[C@H]2[C@@H]1C1CCN2CC1. The van der Waals surface area contributed by atoms with Crippen LogP contribution in [0.1, 0.15) is 37.7 Å². The molecule has 4 aliphatic heterocycles. The van der Waals surface area contributed by atoms with Gasteiger partial charge < -0.3 is 4.90 Å². The molecule has 2 bridgehead atoms. The lowest BCUT2D eigenvalue weighted by molar-refractivity contribution is -0.135. The van der Waals surface area contributed by atoms with E-state index in [4.69, 9.17) is 0 Å². The Kier molecular flexibility index (Phi) is 4.36. The van der Waals surface area contributed by atoms with Crippen molar-refractivity contribution in [1.82, 2.24) is 9.80 Å². The van der Waals surface area contributed by atoms with Gasteiger partial charge in [-0.2, -0.15) is 0 Å². The summed E-state index contributed by atoms with van der Waals surface area (Å²) in [5.41, 5.74) is 0.420. The zero-order chi connectivity index (χ0) is 17.6. The molecule has 4 fully saturated rings. The number of halogens is 2. The highest BCUT2D eigenvalue weighted by atomic mass is 19.2. The minimum absolute atomic E-state index is 0.0983. The minimum Gasteiger partial charge on any atom is -0.337 e. The van der Waals surface area contributed by atoms with Gasteiger partial charge in [-0.15, -0.1) is 0 Å². The molecule has 3 atom stereocenters. The monoisotopic (exact) mass is 346 g/mol. The summed E-state index contributed by atoms with van der Waals surface area (Å²) in [6.07, 6.45) is 6.31. The van der Waals surface area contributed by atoms with E-state index in [-0.39, 0.29) is 23.9 Å². The zero-order valence-electron chi connectivity index (χ0n) is 14.5. The number of hydrogen-bond acceptors (Lipinski definition) is 2. The summed E-state index contributed by atoms with van der Waals surface area (Å²) in [6.45, 7) is 4.38. The normalized spacial score (nSPS) is 33.9. The van der Waals surface area contributed by atoms with Crippen LogP contribution in [0.3, 0.4) is 0 Å². The molecule has 0 saturated carbocycles. The van der Waals surface area contributed by atoms with Crippen molar-refractivity contribution < 1.29 is 13.6 Å². The molecule has 134 valence electrons. The van der Waals surface area contributed by atoms with Crippen LogP contribution in [-0.4, -0.2) is 47.4 Å². The van der Waals surface area contributed by atoms with E-state index < -0.39 is 11.6 Å². The third-order valence-corrected chi connectivity index (χ3v) is 6.22. The highest BCUT2D eigenvalue weighted by Crippen LogP contribution is 2.47. The van der Waals surface area contributed by atoms with E-state index in [1.54, 1.807) is 12.1 Å². The molecule has 0 unspecified atom stereocenters. The van der Waals surface area contributed by atoms with E-state index in [0.717, 1.165) is 32.0 Å². The molecule has 5 heteroatoms. The third kappa shape index (κ3) is 2.69. The fourth-order valence-electron chi connectivity index (χ4n) is 5.12. The second-order valence-electron chi connectivity index (χ2n) is 7.42. The molecule has 4 aliphatic rings. The van der Waals surface area contributed by atoms with E-state index >= 15 is 0 Å². The van der Waals surface area contributed by atoms with Crippen molar-refractivity contribution in [3.05, 3.63) is 47.5 Å². The predicted molar refractivity (Wildman–Crippen MR) is 92.1 cm³/mol. The zero-order valence-corrected chi connectivity index (χ0v) is 14.5. The number of rotatable bonds is 3. The predicted octanol–water partition coefficient (Wildman–Crippen LogP) is 3.32. The van der Waals surface area contributed by atoms with Crippen LogP contribution in [0, 0.1) is 17.6 Å². The van der Waals surface area contributed by atoms with Crippen molar-refractivity contribution in [2.75, 3.05) is 19.6 Å². The molecule has 0 aromatic heterocycles. The van der Waals surface area contributed by atoms with Gasteiger partial charge in [-0.25, -0.2) is 8.78 Å². The molecular weight excluding hydrogens is 322 g/mol. The van der Waals surface area contributed by atoms with Crippen LogP contribution in [0.25, 0.3) is 0 Å². The van der Waals surface area contributed by atoms with Crippen molar-refractivity contribution in [3.8, 4) is 0 Å². The number of piperidine rings is 3. The number of allylic oxidation sites excluding steroid dienone is 1. The van der Waals surface area contributed by atoms with E-state index in [1.807, 2.05) is 24.0 Å². The Morgan fingerprint density at radius 3 is 2.72 bits per heavy atom. The molecule has 5 rings (SSSR count). The largest absolute Gasteiger partial charge is 0.337 e. The van der Waals surface area contributed by atoms with Crippen LogP contribution in [0.15, 0.2) is 30.4 Å². The molecule has 3 nitrogen and oxygen atoms in total. The first-order valence-corrected chi connectivity index (χ1v) is 9.20. The molecule has 25 heavy (non-hydrogen) atoms. The highest BCUT2D eigenvalue weighted by molar-refractivity contribution is 5.79. The maximum atomic E-state index is 14.5. The fourth-order valence-corrected chi connectivity index (χ4v) is 5.12. The van der Waals surface area contributed by atoms with E-state index in [9.17, 15) is 13.6 Å². The maximum absolute atomic E-state index is 14.5. The second-order valence-corrected chi connectivity index (χ2v) is 7.42. The first kappa shape index (κ1) is 16.7. The number of hydrogen-bond donors (Lipinski definition) is 0. The molecule has 0 aliphatic carbocycles. The van der Waals surface area contributed by atoms with Gasteiger partial charge in [-0.1, -0.05) is 24.3 Å². The van der Waals surface area contributed by atoms with Gasteiger partial charge in [-0.05, 0) is 50.4 Å². The molecular formula is C20H24F2N2O. The molecule has 1 aromatic rings. The summed E-state index contributed by atoms with van der Waals surface area (Å²) >= 11 is 0. The van der Waals surface area contributed by atoms with Crippen molar-refractivity contribution in [1.29, 1.82) is 0 Å². The molecule has 0 spiro atoms. The van der Waals surface area contributed by atoms with E-state index in [0.29, 0.717) is 24.4 Å². The van der Waals surface area contributed by atoms with Gasteiger partial charge in [-0.3, -0.25) is 9.69 Å². The molecule has 0 N–H and O–H groups in total. The van der Waals surface area contributed by atoms with Crippen molar-refractivity contribution in [3.63, 3.8) is 0 Å². The van der Waals surface area contributed by atoms with Gasteiger partial charge in [0, 0.05) is 24.9 Å². The smallest absolute Gasteiger partial charge is 0.226 e. The van der Waals surface area contributed by atoms with Gasteiger partial charge in [0.2, 0.25) is 5.91 Å². The minimum atomic E-state index is -0.802. The number of carbonyl (C=O) groups is 1. The van der Waals surface area contributed by atoms with Gasteiger partial charge in [0.1, 0.15) is 0 Å². The second kappa shape index (κ2) is 6.52. The standard InChI is InChI=1S/C20H24F2N2O/c1-2-3-7-17(25)24-12-15(14-5-4-6-16(21)18(14)22)20-19(24)13-8-10-23(20)11-9-13/h2-6,13,15,19-20H,7-12H2,1H3/b3-2+/t15-,19+,20+/m1/s1. The van der Waals surface area contributed by atoms with Crippen molar-refractivity contribution >= 4 is 5.91 Å². The molecule has 0 radical (unpaired) electrons. The summed E-state index contributed by atoms with van der Waals surface area (Å²) < 4.78 is 28.3. The van der Waals surface area contributed by atoms with Crippen LogP contribution in [0.5, 0.6) is 0 Å². The van der Waals surface area contributed by atoms with Gasteiger partial charge in [0.25, 0.3) is 0 Å². The Morgan fingerprint density at radius 2 is 2.00 bits per heavy atom. The lowest BCUT2D eigenvalue weighted by Crippen LogP contribution is -2.60. The van der Waals surface area contributed by atoms with Gasteiger partial charge in [0.05, 0.1) is 6.04 Å². The highest BCUT2D eigenvalue weighted by Gasteiger charge is 2.54. The number of likely N-dealkylation sites (tertiary alicyclic amines) is 1. The van der Waals surface area contributed by atoms with Gasteiger partial charge in [0.15, 0.2) is 11.6 Å². The van der Waals surface area contributed by atoms with Crippen LogP contribution in [-0.2, 0) is 4.79 Å². The van der Waals surface area contributed by atoms with E-state index in [1.165, 1.54) is 0 Å². The van der Waals surface area contributed by atoms with Crippen molar-refractivity contribution in [2.45, 2.75) is 44.2 Å². The Hall–Kier alpha value is -1.75. The first-order chi connectivity index (χ1) is 12.1. The fraction of sp³-hybridized carbons (Fsp3) is 0.550. The third-order valence-electron chi connectivity index (χ3n) is 6.22. The van der Waals surface area contributed by atoms with Crippen molar-refractivity contribution in [2.24, 2.45) is 5.92 Å². The average molecular weight is 346 g/mol. The molecule has 1 aromatic carbocycles. The molecule has 1 amide bonds. The van der Waals surface area contributed by atoms with Crippen LogP contribution < -0.4 is 0 Å². The summed E-state index contributed by atoms with van der Waals surface area (Å²) in [7, 11) is 0. The number of nitrogens with zero attached hydrogens (tertiary/aromatic N) is 2. The quantitative estimate of drug-likeness (QED) is 0.784. The topological polar surface area (TPSA) is 23.6 Å². The number of carbonyl (C=O) groups excluding carboxylic acids is 1. The Labute approximate surface area is 147 Å². The summed E-state index contributed by atoms with van der Waals surface area (Å²) in [6, 6.07) is 4.66. The maximum Gasteiger partial charge on any atom is 0.226 e. The number of fused-ring (bicyclic) bond motifs is 2.